The lowest BCUT2D eigenvalue weighted by Gasteiger charge is -2.44. The van der Waals surface area contributed by atoms with E-state index in [2.05, 4.69) is 55.1 Å². The molecule has 2 atom stereocenters. The van der Waals surface area contributed by atoms with Crippen LogP contribution in [0.2, 0.25) is 0 Å². The van der Waals surface area contributed by atoms with Crippen molar-refractivity contribution in [2.45, 2.75) is 32.4 Å². The van der Waals surface area contributed by atoms with E-state index in [1.807, 2.05) is 23.1 Å². The van der Waals surface area contributed by atoms with E-state index in [0.29, 0.717) is 5.76 Å². The molecule has 0 saturated heterocycles. The topological polar surface area (TPSA) is 36.7 Å². The standard InChI is InChI=1S/C23H24N2O2/c1-3-24(18-10-5-4-6-11-18)21-16-17(2)25(20-13-8-7-12-19(20)21)23(26)22-14-9-15-27-22/h4-15,17,21H,3,16H2,1-2H3. The number of anilines is 2. The maximum atomic E-state index is 13.1. The largest absolute Gasteiger partial charge is 0.459 e. The van der Waals surface area contributed by atoms with Gasteiger partial charge in [-0.3, -0.25) is 4.79 Å². The summed E-state index contributed by atoms with van der Waals surface area (Å²) >= 11 is 0. The first kappa shape index (κ1) is 17.4. The second kappa shape index (κ2) is 7.31. The molecule has 3 aromatic rings. The van der Waals surface area contributed by atoms with Crippen LogP contribution in [-0.4, -0.2) is 18.5 Å². The van der Waals surface area contributed by atoms with Crippen LogP contribution in [0.4, 0.5) is 11.4 Å². The highest BCUT2D eigenvalue weighted by molar-refractivity contribution is 6.05. The van der Waals surface area contributed by atoms with Crippen LogP contribution in [0.5, 0.6) is 0 Å². The fourth-order valence-electron chi connectivity index (χ4n) is 4.11. The van der Waals surface area contributed by atoms with Crippen molar-refractivity contribution in [3.8, 4) is 0 Å². The summed E-state index contributed by atoms with van der Waals surface area (Å²) < 4.78 is 5.38. The molecule has 138 valence electrons. The van der Waals surface area contributed by atoms with E-state index in [4.69, 9.17) is 4.42 Å². The van der Waals surface area contributed by atoms with Crippen molar-refractivity contribution >= 4 is 17.3 Å². The Balaban J connectivity index is 1.76. The average molecular weight is 360 g/mol. The molecular weight excluding hydrogens is 336 g/mol. The van der Waals surface area contributed by atoms with Crippen LogP contribution in [-0.2, 0) is 0 Å². The molecule has 2 unspecified atom stereocenters. The lowest BCUT2D eigenvalue weighted by Crippen LogP contribution is -2.46. The van der Waals surface area contributed by atoms with E-state index in [1.165, 1.54) is 11.3 Å². The molecule has 2 heterocycles. The zero-order valence-corrected chi connectivity index (χ0v) is 15.7. The third kappa shape index (κ3) is 3.12. The van der Waals surface area contributed by atoms with Gasteiger partial charge in [-0.1, -0.05) is 36.4 Å². The lowest BCUT2D eigenvalue weighted by molar-refractivity contribution is 0.0946. The number of hydrogen-bond donors (Lipinski definition) is 0. The third-order valence-corrected chi connectivity index (χ3v) is 5.32. The molecule has 1 aromatic heterocycles. The number of amides is 1. The minimum atomic E-state index is -0.0823. The fourth-order valence-corrected chi connectivity index (χ4v) is 4.11. The van der Waals surface area contributed by atoms with E-state index in [-0.39, 0.29) is 18.0 Å². The Hall–Kier alpha value is -3.01. The Labute approximate surface area is 160 Å². The zero-order valence-electron chi connectivity index (χ0n) is 15.7. The van der Waals surface area contributed by atoms with Crippen molar-refractivity contribution in [1.29, 1.82) is 0 Å². The minimum Gasteiger partial charge on any atom is -0.459 e. The summed E-state index contributed by atoms with van der Waals surface area (Å²) in [5.41, 5.74) is 3.36. The van der Waals surface area contributed by atoms with Crippen LogP contribution >= 0.6 is 0 Å². The van der Waals surface area contributed by atoms with Crippen LogP contribution in [0.15, 0.2) is 77.4 Å². The van der Waals surface area contributed by atoms with Crippen molar-refractivity contribution in [3.63, 3.8) is 0 Å². The molecule has 27 heavy (non-hydrogen) atoms. The van der Waals surface area contributed by atoms with Gasteiger partial charge in [0, 0.05) is 24.0 Å². The van der Waals surface area contributed by atoms with Gasteiger partial charge in [0.05, 0.1) is 12.3 Å². The molecule has 0 aliphatic carbocycles. The van der Waals surface area contributed by atoms with Gasteiger partial charge in [0.2, 0.25) is 0 Å². The fraction of sp³-hybridized carbons (Fsp3) is 0.261. The van der Waals surface area contributed by atoms with Gasteiger partial charge in [-0.25, -0.2) is 0 Å². The van der Waals surface area contributed by atoms with E-state index >= 15 is 0 Å². The van der Waals surface area contributed by atoms with Crippen molar-refractivity contribution in [3.05, 3.63) is 84.3 Å². The predicted molar refractivity (Wildman–Crippen MR) is 108 cm³/mol. The molecule has 1 aliphatic rings. The van der Waals surface area contributed by atoms with Gasteiger partial charge in [-0.05, 0) is 56.2 Å². The van der Waals surface area contributed by atoms with Crippen LogP contribution in [0, 0.1) is 0 Å². The van der Waals surface area contributed by atoms with Crippen LogP contribution in [0.3, 0.4) is 0 Å². The molecule has 0 N–H and O–H groups in total. The molecule has 0 spiro atoms. The molecule has 0 saturated carbocycles. The van der Waals surface area contributed by atoms with Crippen LogP contribution < -0.4 is 9.80 Å². The molecule has 4 rings (SSSR count). The first-order valence-electron chi connectivity index (χ1n) is 9.48. The molecule has 4 nitrogen and oxygen atoms in total. The maximum Gasteiger partial charge on any atom is 0.294 e. The Morgan fingerprint density at radius 3 is 2.52 bits per heavy atom. The summed E-state index contributed by atoms with van der Waals surface area (Å²) in [4.78, 5) is 17.4. The second-order valence-electron chi connectivity index (χ2n) is 6.93. The van der Waals surface area contributed by atoms with Gasteiger partial charge in [0.1, 0.15) is 0 Å². The Kier molecular flexibility index (Phi) is 4.71. The number of fused-ring (bicyclic) bond motifs is 1. The van der Waals surface area contributed by atoms with Crippen molar-refractivity contribution in [1.82, 2.24) is 0 Å². The van der Waals surface area contributed by atoms with Gasteiger partial charge >= 0.3 is 0 Å². The summed E-state index contributed by atoms with van der Waals surface area (Å²) in [7, 11) is 0. The Morgan fingerprint density at radius 2 is 1.81 bits per heavy atom. The van der Waals surface area contributed by atoms with Crippen molar-refractivity contribution < 1.29 is 9.21 Å². The minimum absolute atomic E-state index is 0.0697. The molecule has 4 heteroatoms. The predicted octanol–water partition coefficient (Wildman–Crippen LogP) is 5.29. The summed E-state index contributed by atoms with van der Waals surface area (Å²) in [5.74, 6) is 0.298. The summed E-state index contributed by atoms with van der Waals surface area (Å²) in [5, 5.41) is 0. The van der Waals surface area contributed by atoms with Gasteiger partial charge in [0.15, 0.2) is 5.76 Å². The number of carbonyl (C=O) groups excluding carboxylic acids is 1. The first-order chi connectivity index (χ1) is 13.2. The van der Waals surface area contributed by atoms with Gasteiger partial charge < -0.3 is 14.2 Å². The lowest BCUT2D eigenvalue weighted by atomic mass is 9.90. The van der Waals surface area contributed by atoms with Crippen LogP contribution in [0.1, 0.15) is 42.4 Å². The second-order valence-corrected chi connectivity index (χ2v) is 6.93. The van der Waals surface area contributed by atoms with Crippen LogP contribution in [0.25, 0.3) is 0 Å². The number of furan rings is 1. The Bertz CT molecular complexity index is 905. The highest BCUT2D eigenvalue weighted by Gasteiger charge is 2.37. The SMILES string of the molecule is CCN(c1ccccc1)C1CC(C)N(C(=O)c2ccco2)c2ccccc21. The van der Waals surface area contributed by atoms with Crippen molar-refractivity contribution in [2.24, 2.45) is 0 Å². The van der Waals surface area contributed by atoms with Gasteiger partial charge in [-0.15, -0.1) is 0 Å². The summed E-state index contributed by atoms with van der Waals surface area (Å²) in [6.07, 6.45) is 2.41. The number of benzene rings is 2. The average Bonchev–Trinajstić information content (AvgIpc) is 3.24. The maximum absolute atomic E-state index is 13.1. The van der Waals surface area contributed by atoms with E-state index in [0.717, 1.165) is 18.7 Å². The smallest absolute Gasteiger partial charge is 0.294 e. The number of nitrogens with zero attached hydrogens (tertiary/aromatic N) is 2. The summed E-state index contributed by atoms with van der Waals surface area (Å²) in [6.45, 7) is 5.20. The molecule has 1 aliphatic heterocycles. The molecule has 2 aromatic carbocycles. The van der Waals surface area contributed by atoms with Crippen molar-refractivity contribution in [2.75, 3.05) is 16.3 Å². The highest BCUT2D eigenvalue weighted by atomic mass is 16.3. The molecule has 0 fully saturated rings. The zero-order chi connectivity index (χ0) is 18.8. The monoisotopic (exact) mass is 360 g/mol. The normalized spacial score (nSPS) is 18.8. The molecule has 0 radical (unpaired) electrons. The molecule has 0 bridgehead atoms. The highest BCUT2D eigenvalue weighted by Crippen LogP contribution is 2.42. The van der Waals surface area contributed by atoms with E-state index < -0.39 is 0 Å². The molecule has 1 amide bonds. The van der Waals surface area contributed by atoms with E-state index in [1.54, 1.807) is 18.4 Å². The number of carbonyl (C=O) groups is 1. The number of para-hydroxylation sites is 2. The van der Waals surface area contributed by atoms with Gasteiger partial charge in [-0.2, -0.15) is 0 Å². The molecular formula is C23H24N2O2. The third-order valence-electron chi connectivity index (χ3n) is 5.32. The quantitative estimate of drug-likeness (QED) is 0.635. The number of rotatable bonds is 4. The van der Waals surface area contributed by atoms with Gasteiger partial charge in [0.25, 0.3) is 5.91 Å². The summed E-state index contributed by atoms with van der Waals surface area (Å²) in [6, 6.07) is 22.5. The first-order valence-corrected chi connectivity index (χ1v) is 9.48. The Morgan fingerprint density at radius 1 is 1.07 bits per heavy atom. The number of hydrogen-bond acceptors (Lipinski definition) is 3. The van der Waals surface area contributed by atoms with E-state index in [9.17, 15) is 4.79 Å².